The molecule has 1 aromatic heterocycles. The Hall–Kier alpha value is -2.13. The number of Topliss-reactive ketones (excluding diaryl/α,β-unsaturated/α-hetero) is 1. The van der Waals surface area contributed by atoms with E-state index < -0.39 is 20.9 Å². The Labute approximate surface area is 178 Å². The smallest absolute Gasteiger partial charge is 0.233 e. The Morgan fingerprint density at radius 1 is 1.23 bits per heavy atom. The summed E-state index contributed by atoms with van der Waals surface area (Å²) in [6.45, 7) is 0. The van der Waals surface area contributed by atoms with Gasteiger partial charge in [-0.05, 0) is 49.3 Å². The van der Waals surface area contributed by atoms with Crippen LogP contribution in [0.3, 0.4) is 0 Å². The predicted molar refractivity (Wildman–Crippen MR) is 112 cm³/mol. The van der Waals surface area contributed by atoms with E-state index in [1.165, 1.54) is 0 Å². The van der Waals surface area contributed by atoms with Crippen molar-refractivity contribution in [2.24, 2.45) is 5.92 Å². The van der Waals surface area contributed by atoms with Crippen LogP contribution in [-0.2, 0) is 19.4 Å². The molecule has 1 N–H and O–H groups in total. The first-order valence-corrected chi connectivity index (χ1v) is 12.5. The molecule has 160 valence electrons. The zero-order chi connectivity index (χ0) is 21.3. The second-order valence-corrected chi connectivity index (χ2v) is 11.3. The van der Waals surface area contributed by atoms with Crippen LogP contribution in [0.15, 0.2) is 35.4 Å². The highest BCUT2D eigenvalue weighted by atomic mass is 32.2. The Balaban J connectivity index is 1.56. The molecule has 1 unspecified atom stereocenters. The van der Waals surface area contributed by atoms with E-state index in [1.807, 2.05) is 0 Å². The first-order chi connectivity index (χ1) is 14.3. The minimum atomic E-state index is -3.34. The number of hydrogen-bond donors (Lipinski definition) is 1. The lowest BCUT2D eigenvalue weighted by Gasteiger charge is -2.25. The molecule has 0 saturated heterocycles. The van der Waals surface area contributed by atoms with Gasteiger partial charge in [-0.2, -0.15) is 4.39 Å². The monoisotopic (exact) mass is 450 g/mol. The van der Waals surface area contributed by atoms with Crippen LogP contribution >= 0.6 is 11.3 Å². The fourth-order valence-electron chi connectivity index (χ4n) is 4.09. The summed E-state index contributed by atoms with van der Waals surface area (Å²) >= 11 is 0.747. The molecule has 1 heterocycles. The molecule has 1 amide bonds. The van der Waals surface area contributed by atoms with Gasteiger partial charge in [-0.1, -0.05) is 29.9 Å². The molecule has 0 aliphatic heterocycles. The average Bonchev–Trinajstić information content (AvgIpc) is 3.25. The van der Waals surface area contributed by atoms with Crippen LogP contribution in [0.5, 0.6) is 0 Å². The van der Waals surface area contributed by atoms with Gasteiger partial charge in [0.25, 0.3) is 0 Å². The van der Waals surface area contributed by atoms with Crippen LogP contribution in [0, 0.1) is 11.0 Å². The van der Waals surface area contributed by atoms with Crippen molar-refractivity contribution in [2.75, 3.05) is 5.32 Å². The number of thiazole rings is 1. The molecule has 0 spiro atoms. The predicted octanol–water partition coefficient (Wildman–Crippen LogP) is 4.09. The number of nitrogens with zero attached hydrogens (tertiary/aromatic N) is 1. The highest BCUT2D eigenvalue weighted by molar-refractivity contribution is 7.92. The van der Waals surface area contributed by atoms with Crippen molar-refractivity contribution in [3.8, 4) is 0 Å². The summed E-state index contributed by atoms with van der Waals surface area (Å²) in [4.78, 5) is 28.7. The number of benzene rings is 1. The third-order valence-corrected chi connectivity index (χ3v) is 9.02. The summed E-state index contributed by atoms with van der Waals surface area (Å²) in [5.41, 5.74) is 0.677. The van der Waals surface area contributed by atoms with Crippen molar-refractivity contribution < 1.29 is 22.4 Å². The Bertz CT molecular complexity index is 1050. The van der Waals surface area contributed by atoms with E-state index in [2.05, 4.69) is 10.3 Å². The zero-order valence-electron chi connectivity index (χ0n) is 16.3. The molecule has 0 radical (unpaired) electrons. The van der Waals surface area contributed by atoms with E-state index in [4.69, 9.17) is 0 Å². The fourth-order valence-corrected chi connectivity index (χ4v) is 6.49. The van der Waals surface area contributed by atoms with Crippen molar-refractivity contribution in [2.45, 2.75) is 61.0 Å². The summed E-state index contributed by atoms with van der Waals surface area (Å²) in [5.74, 6) is -0.616. The second-order valence-electron chi connectivity index (χ2n) is 8.06. The first-order valence-electron chi connectivity index (χ1n) is 10.1. The van der Waals surface area contributed by atoms with Gasteiger partial charge >= 0.3 is 0 Å². The normalized spacial score (nSPS) is 20.7. The molecule has 2 atom stereocenters. The van der Waals surface area contributed by atoms with Gasteiger partial charge in [0.2, 0.25) is 5.91 Å². The number of hydrogen-bond acceptors (Lipinski definition) is 6. The van der Waals surface area contributed by atoms with E-state index in [0.717, 1.165) is 30.4 Å². The van der Waals surface area contributed by atoms with Gasteiger partial charge in [-0.15, -0.1) is 0 Å². The quantitative estimate of drug-likeness (QED) is 0.686. The minimum Gasteiger partial charge on any atom is -0.301 e. The van der Waals surface area contributed by atoms with E-state index in [9.17, 15) is 22.4 Å². The second kappa shape index (κ2) is 8.55. The molecule has 2 aromatic rings. The van der Waals surface area contributed by atoms with Gasteiger partial charge in [0.05, 0.1) is 22.3 Å². The van der Waals surface area contributed by atoms with Gasteiger partial charge in [-0.25, -0.2) is 13.4 Å². The van der Waals surface area contributed by atoms with Gasteiger partial charge in [0.1, 0.15) is 5.78 Å². The highest BCUT2D eigenvalue weighted by Crippen LogP contribution is 2.35. The number of sulfone groups is 1. The molecule has 9 heteroatoms. The fraction of sp³-hybridized carbons (Fsp3) is 0.476. The Morgan fingerprint density at radius 3 is 2.50 bits per heavy atom. The molecule has 6 nitrogen and oxygen atoms in total. The van der Waals surface area contributed by atoms with Crippen molar-refractivity contribution in [1.82, 2.24) is 4.98 Å². The van der Waals surface area contributed by atoms with Crippen LogP contribution in [0.4, 0.5) is 9.52 Å². The van der Waals surface area contributed by atoms with Crippen molar-refractivity contribution in [3.63, 3.8) is 0 Å². The van der Waals surface area contributed by atoms with Crippen molar-refractivity contribution >= 4 is 38.0 Å². The summed E-state index contributed by atoms with van der Waals surface area (Å²) in [7, 11) is -3.34. The van der Waals surface area contributed by atoms with Crippen LogP contribution in [0.1, 0.15) is 56.4 Å². The molecule has 2 aliphatic rings. The molecule has 2 saturated carbocycles. The number of rotatable bonds is 7. The number of amides is 1. The molecule has 0 bridgehead atoms. The lowest BCUT2D eigenvalue weighted by molar-refractivity contribution is -0.119. The Kier molecular flexibility index (Phi) is 6.02. The van der Waals surface area contributed by atoms with E-state index in [-0.39, 0.29) is 32.9 Å². The van der Waals surface area contributed by atoms with E-state index in [1.54, 1.807) is 24.3 Å². The molecule has 4 rings (SSSR count). The topological polar surface area (TPSA) is 93.2 Å². The maximum atomic E-state index is 13.2. The van der Waals surface area contributed by atoms with Gasteiger partial charge < -0.3 is 5.32 Å². The summed E-state index contributed by atoms with van der Waals surface area (Å²) in [6, 6.07) is 6.47. The van der Waals surface area contributed by atoms with E-state index in [0.29, 0.717) is 37.7 Å². The lowest BCUT2D eigenvalue weighted by Crippen LogP contribution is -2.28. The number of ketones is 1. The van der Waals surface area contributed by atoms with Crippen LogP contribution in [0.2, 0.25) is 0 Å². The van der Waals surface area contributed by atoms with Gasteiger partial charge in [0, 0.05) is 12.8 Å². The largest absolute Gasteiger partial charge is 0.301 e. The lowest BCUT2D eigenvalue weighted by atomic mass is 9.87. The number of nitrogens with one attached hydrogen (secondary N) is 1. The summed E-state index contributed by atoms with van der Waals surface area (Å²) < 4.78 is 38.5. The number of anilines is 1. The van der Waals surface area contributed by atoms with E-state index >= 15 is 0 Å². The number of carbonyl (C=O) groups is 2. The average molecular weight is 451 g/mol. The number of aromatic nitrogens is 1. The first kappa shape index (κ1) is 21.1. The van der Waals surface area contributed by atoms with Gasteiger partial charge in [0.15, 0.2) is 20.1 Å². The SMILES string of the molecule is O=C1CCC(C[C@@H](C(=O)Nc2ncc(F)s2)c2ccc(S(=O)(=O)C3CCC3)cc2)C1. The standard InChI is InChI=1S/C21H23FN2O4S2/c22-19-12-23-21(29-19)24-20(26)18(11-13-4-7-15(25)10-13)14-5-8-17(9-6-14)30(27,28)16-2-1-3-16/h5-6,8-9,12-13,16,18H,1-4,7,10-11H2,(H,23,24,26)/t13?,18-/m1/s1. The maximum Gasteiger partial charge on any atom is 0.233 e. The molecular weight excluding hydrogens is 427 g/mol. The number of carbonyl (C=O) groups excluding carboxylic acids is 2. The van der Waals surface area contributed by atoms with Crippen LogP contribution in [0.25, 0.3) is 0 Å². The summed E-state index contributed by atoms with van der Waals surface area (Å²) in [5, 5.41) is 2.02. The maximum absolute atomic E-state index is 13.2. The van der Waals surface area contributed by atoms with Gasteiger partial charge in [-0.3, -0.25) is 9.59 Å². The third-order valence-electron chi connectivity index (χ3n) is 6.04. The summed E-state index contributed by atoms with van der Waals surface area (Å²) in [6.07, 6.45) is 5.54. The third kappa shape index (κ3) is 4.46. The molecule has 2 fully saturated rings. The molecular formula is C21H23FN2O4S2. The van der Waals surface area contributed by atoms with Crippen molar-refractivity contribution in [3.05, 3.63) is 41.2 Å². The number of halogens is 1. The van der Waals surface area contributed by atoms with Crippen LogP contribution in [-0.4, -0.2) is 30.3 Å². The highest BCUT2D eigenvalue weighted by Gasteiger charge is 2.33. The molecule has 2 aliphatic carbocycles. The van der Waals surface area contributed by atoms with Crippen LogP contribution < -0.4 is 5.32 Å². The zero-order valence-corrected chi connectivity index (χ0v) is 18.0. The van der Waals surface area contributed by atoms with Crippen molar-refractivity contribution in [1.29, 1.82) is 0 Å². The molecule has 30 heavy (non-hydrogen) atoms. The Morgan fingerprint density at radius 2 is 1.97 bits per heavy atom. The minimum absolute atomic E-state index is 0.0969. The molecule has 1 aromatic carbocycles.